The second-order valence-electron chi connectivity index (χ2n) is 2.90. The van der Waals surface area contributed by atoms with Crippen LogP contribution in [0.25, 0.3) is 0 Å². The van der Waals surface area contributed by atoms with Crippen LogP contribution >= 0.6 is 0 Å². The van der Waals surface area contributed by atoms with Crippen molar-refractivity contribution in [3.8, 4) is 0 Å². The zero-order valence-electron chi connectivity index (χ0n) is 6.53. The average Bonchev–Trinajstić information content (AvgIpc) is 2.30. The van der Waals surface area contributed by atoms with Gasteiger partial charge in [-0.2, -0.15) is 0 Å². The van der Waals surface area contributed by atoms with Gasteiger partial charge in [-0.15, -0.1) is 0 Å². The van der Waals surface area contributed by atoms with E-state index in [2.05, 4.69) is 0 Å². The highest BCUT2D eigenvalue weighted by Crippen LogP contribution is 2.14. The summed E-state index contributed by atoms with van der Waals surface area (Å²) in [6.45, 7) is 0.595. The third-order valence-corrected chi connectivity index (χ3v) is 2.02. The number of nitrogens with two attached hydrogens (primary N) is 2. The standard InChI is InChI=1S/C6H12N4O2/c7-4-2-10(6(8)9)1-3(4)5(11)12/h3-4H,1-2,7H2,(H3,8,9)(H,11,12)/t3-,4-/m0/s1. The van der Waals surface area contributed by atoms with Gasteiger partial charge in [0.1, 0.15) is 0 Å². The van der Waals surface area contributed by atoms with Crippen molar-refractivity contribution < 1.29 is 9.90 Å². The molecule has 0 bridgehead atoms. The van der Waals surface area contributed by atoms with E-state index >= 15 is 0 Å². The molecule has 0 spiro atoms. The Kier molecular flexibility index (Phi) is 2.18. The number of carbonyl (C=O) groups is 1. The lowest BCUT2D eigenvalue weighted by atomic mass is 10.1. The second-order valence-corrected chi connectivity index (χ2v) is 2.90. The summed E-state index contributed by atoms with van der Waals surface area (Å²) in [5, 5.41) is 15.7. The Labute approximate surface area is 69.6 Å². The highest BCUT2D eigenvalue weighted by molar-refractivity contribution is 5.78. The molecule has 1 aliphatic rings. The molecule has 1 aliphatic heterocycles. The topological polar surface area (TPSA) is 116 Å². The monoisotopic (exact) mass is 172 g/mol. The maximum Gasteiger partial charge on any atom is 0.309 e. The Balaban J connectivity index is 2.62. The van der Waals surface area contributed by atoms with Crippen LogP contribution in [0.1, 0.15) is 0 Å². The van der Waals surface area contributed by atoms with Crippen molar-refractivity contribution >= 4 is 11.9 Å². The number of carboxylic acid groups (broad SMARTS) is 1. The van der Waals surface area contributed by atoms with Crippen LogP contribution in [0.5, 0.6) is 0 Å². The van der Waals surface area contributed by atoms with Gasteiger partial charge in [-0.05, 0) is 0 Å². The average molecular weight is 172 g/mol. The molecule has 68 valence electrons. The third-order valence-electron chi connectivity index (χ3n) is 2.02. The van der Waals surface area contributed by atoms with Crippen LogP contribution in [0, 0.1) is 11.3 Å². The van der Waals surface area contributed by atoms with Gasteiger partial charge >= 0.3 is 5.97 Å². The molecule has 0 aromatic carbocycles. The summed E-state index contributed by atoms with van der Waals surface area (Å²) in [6.07, 6.45) is 0. The summed E-state index contributed by atoms with van der Waals surface area (Å²) >= 11 is 0. The maximum absolute atomic E-state index is 10.6. The van der Waals surface area contributed by atoms with Gasteiger partial charge in [-0.25, -0.2) is 0 Å². The lowest BCUT2D eigenvalue weighted by Crippen LogP contribution is -2.36. The van der Waals surface area contributed by atoms with Crippen LogP contribution in [0.3, 0.4) is 0 Å². The molecular formula is C6H12N4O2. The van der Waals surface area contributed by atoms with Crippen molar-refractivity contribution in [1.29, 1.82) is 5.41 Å². The van der Waals surface area contributed by atoms with Gasteiger partial charge < -0.3 is 21.5 Å². The van der Waals surface area contributed by atoms with Crippen molar-refractivity contribution in [3.05, 3.63) is 0 Å². The zero-order valence-corrected chi connectivity index (χ0v) is 6.53. The number of hydrogen-bond acceptors (Lipinski definition) is 3. The molecule has 0 saturated carbocycles. The van der Waals surface area contributed by atoms with Crippen LogP contribution in [0.4, 0.5) is 0 Å². The summed E-state index contributed by atoms with van der Waals surface area (Å²) in [5.74, 6) is -1.64. The number of nitrogens with zero attached hydrogens (tertiary/aromatic N) is 1. The minimum absolute atomic E-state index is 0.116. The first-order valence-electron chi connectivity index (χ1n) is 3.59. The predicted molar refractivity (Wildman–Crippen MR) is 42.6 cm³/mol. The van der Waals surface area contributed by atoms with E-state index in [9.17, 15) is 4.79 Å². The highest BCUT2D eigenvalue weighted by atomic mass is 16.4. The van der Waals surface area contributed by atoms with Crippen molar-refractivity contribution in [2.45, 2.75) is 6.04 Å². The van der Waals surface area contributed by atoms with Crippen LogP contribution in [-0.4, -0.2) is 41.1 Å². The van der Waals surface area contributed by atoms with Gasteiger partial charge in [-0.3, -0.25) is 10.2 Å². The second kappa shape index (κ2) is 2.98. The largest absolute Gasteiger partial charge is 0.481 e. The predicted octanol–water partition coefficient (Wildman–Crippen LogP) is -1.78. The molecule has 0 radical (unpaired) electrons. The number of guanidine groups is 1. The number of likely N-dealkylation sites (tertiary alicyclic amines) is 1. The molecule has 0 amide bonds. The van der Waals surface area contributed by atoms with E-state index < -0.39 is 17.9 Å². The van der Waals surface area contributed by atoms with Gasteiger partial charge in [0.25, 0.3) is 0 Å². The Bertz CT molecular complexity index is 218. The molecule has 6 nitrogen and oxygen atoms in total. The van der Waals surface area contributed by atoms with Crippen LogP contribution in [-0.2, 0) is 4.79 Å². The molecule has 1 fully saturated rings. The molecular weight excluding hydrogens is 160 g/mol. The van der Waals surface area contributed by atoms with E-state index in [1.54, 1.807) is 0 Å². The Hall–Kier alpha value is -1.30. The maximum atomic E-state index is 10.6. The van der Waals surface area contributed by atoms with E-state index in [1.165, 1.54) is 4.90 Å². The Morgan fingerprint density at radius 2 is 2.17 bits per heavy atom. The van der Waals surface area contributed by atoms with Gasteiger partial charge in [0.05, 0.1) is 5.92 Å². The molecule has 0 aliphatic carbocycles. The molecule has 0 unspecified atom stereocenters. The first-order valence-corrected chi connectivity index (χ1v) is 3.59. The third kappa shape index (κ3) is 1.48. The van der Waals surface area contributed by atoms with Gasteiger partial charge in [0.15, 0.2) is 5.96 Å². The molecule has 2 atom stereocenters. The summed E-state index contributed by atoms with van der Waals surface area (Å²) in [4.78, 5) is 12.0. The first-order chi connectivity index (χ1) is 5.52. The smallest absolute Gasteiger partial charge is 0.309 e. The molecule has 6 heteroatoms. The van der Waals surface area contributed by atoms with E-state index in [-0.39, 0.29) is 12.5 Å². The van der Waals surface area contributed by atoms with Crippen molar-refractivity contribution in [1.82, 2.24) is 4.90 Å². The molecule has 0 aromatic heterocycles. The van der Waals surface area contributed by atoms with Crippen molar-refractivity contribution in [2.75, 3.05) is 13.1 Å². The Morgan fingerprint density at radius 1 is 1.58 bits per heavy atom. The number of nitrogens with one attached hydrogen (secondary N) is 1. The van der Waals surface area contributed by atoms with Crippen molar-refractivity contribution in [2.24, 2.45) is 17.4 Å². The first kappa shape index (κ1) is 8.79. The number of rotatable bonds is 1. The fourth-order valence-electron chi connectivity index (χ4n) is 1.29. The number of carboxylic acids is 1. The molecule has 6 N–H and O–H groups in total. The van der Waals surface area contributed by atoms with Gasteiger partial charge in [0.2, 0.25) is 0 Å². The number of hydrogen-bond donors (Lipinski definition) is 4. The SMILES string of the molecule is N=C(N)N1C[C@H](C(=O)O)[C@@H](N)C1. The molecule has 12 heavy (non-hydrogen) atoms. The summed E-state index contributed by atoms with van der Waals surface area (Å²) in [7, 11) is 0. The quantitative estimate of drug-likeness (QED) is 0.276. The lowest BCUT2D eigenvalue weighted by Gasteiger charge is -2.13. The normalized spacial score (nSPS) is 28.9. The minimum Gasteiger partial charge on any atom is -0.481 e. The fourth-order valence-corrected chi connectivity index (χ4v) is 1.29. The lowest BCUT2D eigenvalue weighted by molar-refractivity contribution is -0.141. The molecule has 1 heterocycles. The van der Waals surface area contributed by atoms with E-state index in [4.69, 9.17) is 22.0 Å². The van der Waals surface area contributed by atoms with Crippen LogP contribution in [0.15, 0.2) is 0 Å². The summed E-state index contributed by atoms with van der Waals surface area (Å²) in [6, 6.07) is -0.425. The van der Waals surface area contributed by atoms with Gasteiger partial charge in [-0.1, -0.05) is 0 Å². The molecule has 1 rings (SSSR count). The minimum atomic E-state index is -0.925. The van der Waals surface area contributed by atoms with Crippen molar-refractivity contribution in [3.63, 3.8) is 0 Å². The highest BCUT2D eigenvalue weighted by Gasteiger charge is 2.35. The fraction of sp³-hybridized carbons (Fsp3) is 0.667. The zero-order chi connectivity index (χ0) is 9.30. The van der Waals surface area contributed by atoms with Crippen LogP contribution < -0.4 is 11.5 Å². The van der Waals surface area contributed by atoms with Crippen LogP contribution in [0.2, 0.25) is 0 Å². The summed E-state index contributed by atoms with van der Waals surface area (Å²) < 4.78 is 0. The number of aliphatic carboxylic acids is 1. The van der Waals surface area contributed by atoms with Gasteiger partial charge in [0, 0.05) is 19.1 Å². The van der Waals surface area contributed by atoms with E-state index in [1.807, 2.05) is 0 Å². The molecule has 1 saturated heterocycles. The molecule has 0 aromatic rings. The Morgan fingerprint density at radius 3 is 2.42 bits per heavy atom. The van der Waals surface area contributed by atoms with E-state index in [0.29, 0.717) is 6.54 Å². The van der Waals surface area contributed by atoms with E-state index in [0.717, 1.165) is 0 Å². The summed E-state index contributed by atoms with van der Waals surface area (Å²) in [5.41, 5.74) is 10.7.